The Kier molecular flexibility index (Phi) is 5.59. The molecule has 1 fully saturated rings. The normalized spacial score (nSPS) is 15.5. The van der Waals surface area contributed by atoms with Gasteiger partial charge in [-0.1, -0.05) is 0 Å². The summed E-state index contributed by atoms with van der Waals surface area (Å²) in [5.41, 5.74) is 0.621. The SMILES string of the molecule is CC(C)NC(=O)NCC1CCN(c2ncccc2C#N)CC1. The molecule has 0 spiro atoms. The first kappa shape index (κ1) is 16.1. The smallest absolute Gasteiger partial charge is 0.314 e. The molecule has 118 valence electrons. The van der Waals surface area contributed by atoms with Gasteiger partial charge < -0.3 is 15.5 Å². The topological polar surface area (TPSA) is 81.1 Å². The van der Waals surface area contributed by atoms with E-state index >= 15 is 0 Å². The van der Waals surface area contributed by atoms with Gasteiger partial charge in [-0.05, 0) is 44.7 Å². The van der Waals surface area contributed by atoms with Crippen LogP contribution in [-0.4, -0.2) is 36.7 Å². The van der Waals surface area contributed by atoms with Crippen molar-refractivity contribution in [3.63, 3.8) is 0 Å². The maximum absolute atomic E-state index is 11.6. The summed E-state index contributed by atoms with van der Waals surface area (Å²) in [6, 6.07) is 5.82. The predicted octanol–water partition coefficient (Wildman–Crippen LogP) is 1.88. The fraction of sp³-hybridized carbons (Fsp3) is 0.562. The van der Waals surface area contributed by atoms with Crippen molar-refractivity contribution in [2.24, 2.45) is 5.92 Å². The van der Waals surface area contributed by atoms with Gasteiger partial charge in [-0.25, -0.2) is 9.78 Å². The number of nitrogens with zero attached hydrogens (tertiary/aromatic N) is 3. The number of carbonyl (C=O) groups is 1. The van der Waals surface area contributed by atoms with E-state index in [-0.39, 0.29) is 12.1 Å². The quantitative estimate of drug-likeness (QED) is 0.889. The highest BCUT2D eigenvalue weighted by Gasteiger charge is 2.22. The largest absolute Gasteiger partial charge is 0.356 e. The van der Waals surface area contributed by atoms with Gasteiger partial charge in [0.15, 0.2) is 0 Å². The van der Waals surface area contributed by atoms with Crippen molar-refractivity contribution in [3.05, 3.63) is 23.9 Å². The van der Waals surface area contributed by atoms with Crippen molar-refractivity contribution in [1.82, 2.24) is 15.6 Å². The Morgan fingerprint density at radius 1 is 1.50 bits per heavy atom. The molecule has 1 aliphatic rings. The molecule has 2 amide bonds. The fourth-order valence-corrected chi connectivity index (χ4v) is 2.64. The lowest BCUT2D eigenvalue weighted by atomic mass is 9.96. The standard InChI is InChI=1S/C16H23N5O/c1-12(2)20-16(22)19-11-13-5-8-21(9-6-13)15-14(10-17)4-3-7-18-15/h3-4,7,12-13H,5-6,8-9,11H2,1-2H3,(H2,19,20,22). The molecule has 0 aromatic carbocycles. The Hall–Kier alpha value is -2.29. The zero-order chi connectivity index (χ0) is 15.9. The molecule has 0 unspecified atom stereocenters. The lowest BCUT2D eigenvalue weighted by Crippen LogP contribution is -2.44. The van der Waals surface area contributed by atoms with Crippen LogP contribution < -0.4 is 15.5 Å². The number of aromatic nitrogens is 1. The number of piperidine rings is 1. The third-order valence-electron chi connectivity index (χ3n) is 3.79. The maximum Gasteiger partial charge on any atom is 0.314 e. The highest BCUT2D eigenvalue weighted by molar-refractivity contribution is 5.74. The maximum atomic E-state index is 11.6. The van der Waals surface area contributed by atoms with Crippen LogP contribution in [0.2, 0.25) is 0 Å². The Bertz CT molecular complexity index is 544. The highest BCUT2D eigenvalue weighted by atomic mass is 16.2. The number of pyridine rings is 1. The molecule has 1 saturated heterocycles. The molecular weight excluding hydrogens is 278 g/mol. The molecule has 0 bridgehead atoms. The average Bonchev–Trinajstić information content (AvgIpc) is 2.53. The van der Waals surface area contributed by atoms with Gasteiger partial charge >= 0.3 is 6.03 Å². The number of hydrogen-bond acceptors (Lipinski definition) is 4. The molecule has 0 saturated carbocycles. The van der Waals surface area contributed by atoms with Crippen LogP contribution in [0.3, 0.4) is 0 Å². The van der Waals surface area contributed by atoms with Gasteiger partial charge in [0.1, 0.15) is 11.9 Å². The van der Waals surface area contributed by atoms with Crippen LogP contribution in [-0.2, 0) is 0 Å². The second-order valence-corrected chi connectivity index (χ2v) is 5.93. The molecule has 0 aliphatic carbocycles. The lowest BCUT2D eigenvalue weighted by Gasteiger charge is -2.33. The molecule has 2 rings (SSSR count). The molecule has 1 aromatic heterocycles. The molecule has 0 radical (unpaired) electrons. The Morgan fingerprint density at radius 3 is 2.86 bits per heavy atom. The van der Waals surface area contributed by atoms with Crippen LogP contribution in [0.5, 0.6) is 0 Å². The van der Waals surface area contributed by atoms with Gasteiger partial charge in [-0.15, -0.1) is 0 Å². The minimum absolute atomic E-state index is 0.103. The number of urea groups is 1. The molecule has 6 nitrogen and oxygen atoms in total. The zero-order valence-electron chi connectivity index (χ0n) is 13.2. The number of nitriles is 1. The molecule has 22 heavy (non-hydrogen) atoms. The third kappa shape index (κ3) is 4.35. The molecule has 1 aliphatic heterocycles. The number of carbonyl (C=O) groups excluding carboxylic acids is 1. The first-order chi connectivity index (χ1) is 10.6. The number of hydrogen-bond donors (Lipinski definition) is 2. The fourth-order valence-electron chi connectivity index (χ4n) is 2.64. The summed E-state index contributed by atoms with van der Waals surface area (Å²) in [6.45, 7) is 6.31. The van der Waals surface area contributed by atoms with Gasteiger partial charge in [0.2, 0.25) is 0 Å². The third-order valence-corrected chi connectivity index (χ3v) is 3.79. The van der Waals surface area contributed by atoms with Crippen molar-refractivity contribution in [3.8, 4) is 6.07 Å². The monoisotopic (exact) mass is 301 g/mol. The average molecular weight is 301 g/mol. The minimum Gasteiger partial charge on any atom is -0.356 e. The van der Waals surface area contributed by atoms with Gasteiger partial charge in [-0.2, -0.15) is 5.26 Å². The van der Waals surface area contributed by atoms with E-state index in [0.29, 0.717) is 18.0 Å². The van der Waals surface area contributed by atoms with Gasteiger partial charge in [0, 0.05) is 31.9 Å². The predicted molar refractivity (Wildman–Crippen MR) is 85.6 cm³/mol. The number of amides is 2. The summed E-state index contributed by atoms with van der Waals surface area (Å²) in [4.78, 5) is 18.1. The number of rotatable bonds is 4. The van der Waals surface area contributed by atoms with Gasteiger partial charge in [0.05, 0.1) is 5.56 Å². The van der Waals surface area contributed by atoms with Crippen LogP contribution in [0.4, 0.5) is 10.6 Å². The van der Waals surface area contributed by atoms with Gasteiger partial charge in [-0.3, -0.25) is 0 Å². The minimum atomic E-state index is -0.103. The summed E-state index contributed by atoms with van der Waals surface area (Å²) in [7, 11) is 0. The van der Waals surface area contributed by atoms with Crippen LogP contribution in [0.1, 0.15) is 32.3 Å². The zero-order valence-corrected chi connectivity index (χ0v) is 13.2. The van der Waals surface area contributed by atoms with Crippen molar-refractivity contribution in [1.29, 1.82) is 5.26 Å². The van der Waals surface area contributed by atoms with Crippen LogP contribution >= 0.6 is 0 Å². The summed E-state index contributed by atoms with van der Waals surface area (Å²) in [5, 5.41) is 14.9. The Labute approximate surface area is 131 Å². The second-order valence-electron chi connectivity index (χ2n) is 5.93. The molecule has 2 heterocycles. The summed E-state index contributed by atoms with van der Waals surface area (Å²) < 4.78 is 0. The van der Waals surface area contributed by atoms with E-state index in [0.717, 1.165) is 31.7 Å². The van der Waals surface area contributed by atoms with Crippen molar-refractivity contribution in [2.75, 3.05) is 24.5 Å². The molecule has 0 atom stereocenters. The van der Waals surface area contributed by atoms with Crippen LogP contribution in [0, 0.1) is 17.2 Å². The van der Waals surface area contributed by atoms with E-state index in [1.807, 2.05) is 13.8 Å². The number of anilines is 1. The first-order valence-electron chi connectivity index (χ1n) is 7.74. The van der Waals surface area contributed by atoms with E-state index in [2.05, 4.69) is 26.6 Å². The molecule has 1 aromatic rings. The Morgan fingerprint density at radius 2 is 2.23 bits per heavy atom. The highest BCUT2D eigenvalue weighted by Crippen LogP contribution is 2.23. The molecular formula is C16H23N5O. The Balaban J connectivity index is 1.81. The first-order valence-corrected chi connectivity index (χ1v) is 7.74. The van der Waals surface area contributed by atoms with Crippen LogP contribution in [0.25, 0.3) is 0 Å². The van der Waals surface area contributed by atoms with E-state index < -0.39 is 0 Å². The molecule has 6 heteroatoms. The van der Waals surface area contributed by atoms with Crippen molar-refractivity contribution in [2.45, 2.75) is 32.7 Å². The summed E-state index contributed by atoms with van der Waals surface area (Å²) in [6.07, 6.45) is 3.70. The van der Waals surface area contributed by atoms with Crippen LogP contribution in [0.15, 0.2) is 18.3 Å². The number of nitrogens with one attached hydrogen (secondary N) is 2. The second kappa shape index (κ2) is 7.64. The van der Waals surface area contributed by atoms with Crippen molar-refractivity contribution >= 4 is 11.8 Å². The van der Waals surface area contributed by atoms with E-state index in [4.69, 9.17) is 5.26 Å². The molecule has 2 N–H and O–H groups in total. The lowest BCUT2D eigenvalue weighted by molar-refractivity contribution is 0.235. The van der Waals surface area contributed by atoms with E-state index in [1.54, 1.807) is 18.3 Å². The van der Waals surface area contributed by atoms with E-state index in [9.17, 15) is 4.79 Å². The van der Waals surface area contributed by atoms with Crippen molar-refractivity contribution < 1.29 is 4.79 Å². The van der Waals surface area contributed by atoms with E-state index in [1.165, 1.54) is 0 Å². The van der Waals surface area contributed by atoms with Gasteiger partial charge in [0.25, 0.3) is 0 Å². The summed E-state index contributed by atoms with van der Waals surface area (Å²) in [5.74, 6) is 1.25. The summed E-state index contributed by atoms with van der Waals surface area (Å²) >= 11 is 0.